The van der Waals surface area contributed by atoms with Crippen molar-refractivity contribution in [1.29, 1.82) is 5.41 Å². The molecule has 0 amide bonds. The van der Waals surface area contributed by atoms with Crippen LogP contribution in [0.25, 0.3) is 5.57 Å². The van der Waals surface area contributed by atoms with Crippen LogP contribution >= 0.6 is 11.3 Å². The molecule has 1 aliphatic rings. The molecule has 1 atom stereocenters. The molecule has 3 heterocycles. The van der Waals surface area contributed by atoms with E-state index in [1.165, 1.54) is 22.8 Å². The monoisotopic (exact) mass is 479 g/mol. The van der Waals surface area contributed by atoms with E-state index >= 15 is 0 Å². The van der Waals surface area contributed by atoms with Gasteiger partial charge in [-0.1, -0.05) is 12.1 Å². The topological polar surface area (TPSA) is 78.0 Å². The molecule has 6 nitrogen and oxygen atoms in total. The summed E-state index contributed by atoms with van der Waals surface area (Å²) < 4.78 is 53.4. The van der Waals surface area contributed by atoms with Crippen molar-refractivity contribution in [1.82, 2.24) is 14.5 Å². The standard InChI is InChI=1S/C22H21F4N5OS/c1-12-9-14(23)3-5-16(12)17-7-8-30(11-18(17)32)21-28-13(2)31(20(27)29-21)10-15-4-6-19(33-15)22(24,25)26/h3-7,9,18,27,32H,8,10-11H2,1-2H3/t18-/m0/s1. The Morgan fingerprint density at radius 3 is 2.55 bits per heavy atom. The molecule has 0 spiro atoms. The highest BCUT2D eigenvalue weighted by Crippen LogP contribution is 2.35. The van der Waals surface area contributed by atoms with Crippen LogP contribution in [0, 0.1) is 25.1 Å². The van der Waals surface area contributed by atoms with Gasteiger partial charge in [-0.05, 0) is 54.8 Å². The number of β-amino-alcohol motifs (C(OH)–C–C–N with tert-alkyl or cyclic N) is 1. The normalized spacial score (nSPS) is 16.8. The van der Waals surface area contributed by atoms with Crippen LogP contribution in [0.15, 0.2) is 36.4 Å². The zero-order valence-corrected chi connectivity index (χ0v) is 18.6. The molecule has 0 saturated heterocycles. The number of alkyl halides is 3. The summed E-state index contributed by atoms with van der Waals surface area (Å²) in [7, 11) is 0. The number of nitrogens with one attached hydrogen (secondary N) is 1. The van der Waals surface area contributed by atoms with E-state index in [1.807, 2.05) is 6.08 Å². The van der Waals surface area contributed by atoms with Crippen LogP contribution in [0.5, 0.6) is 0 Å². The van der Waals surface area contributed by atoms with Crippen molar-refractivity contribution in [2.75, 3.05) is 18.0 Å². The van der Waals surface area contributed by atoms with Gasteiger partial charge in [-0.3, -0.25) is 9.98 Å². The molecular weight excluding hydrogens is 458 g/mol. The van der Waals surface area contributed by atoms with Crippen LogP contribution in [0.2, 0.25) is 0 Å². The fourth-order valence-electron chi connectivity index (χ4n) is 3.77. The maximum atomic E-state index is 13.4. The molecule has 33 heavy (non-hydrogen) atoms. The molecule has 0 bridgehead atoms. The van der Waals surface area contributed by atoms with Gasteiger partial charge in [-0.2, -0.15) is 23.1 Å². The van der Waals surface area contributed by atoms with Crippen LogP contribution in [0.3, 0.4) is 0 Å². The Kier molecular flexibility index (Phi) is 6.10. The van der Waals surface area contributed by atoms with Gasteiger partial charge in [-0.25, -0.2) is 4.39 Å². The maximum Gasteiger partial charge on any atom is 0.425 e. The summed E-state index contributed by atoms with van der Waals surface area (Å²) in [6.45, 7) is 4.06. The van der Waals surface area contributed by atoms with Crippen LogP contribution < -0.4 is 10.5 Å². The second-order valence-corrected chi connectivity index (χ2v) is 8.95. The second-order valence-electron chi connectivity index (χ2n) is 7.78. The first-order valence-electron chi connectivity index (χ1n) is 10.1. The summed E-state index contributed by atoms with van der Waals surface area (Å²) in [5, 5.41) is 19.0. The molecule has 0 aliphatic carbocycles. The fraction of sp³-hybridized carbons (Fsp3) is 0.318. The molecule has 1 aromatic carbocycles. The van der Waals surface area contributed by atoms with Gasteiger partial charge in [0.05, 0.1) is 19.2 Å². The summed E-state index contributed by atoms with van der Waals surface area (Å²) in [6, 6.07) is 6.81. The zero-order chi connectivity index (χ0) is 23.9. The Labute approximate surface area is 191 Å². The van der Waals surface area contributed by atoms with E-state index in [0.717, 1.165) is 17.2 Å². The fourth-order valence-corrected chi connectivity index (χ4v) is 4.63. The first-order valence-corrected chi connectivity index (χ1v) is 10.9. The van der Waals surface area contributed by atoms with Gasteiger partial charge >= 0.3 is 6.18 Å². The van der Waals surface area contributed by atoms with Crippen LogP contribution in [0.4, 0.5) is 23.5 Å². The highest BCUT2D eigenvalue weighted by Gasteiger charge is 2.32. The van der Waals surface area contributed by atoms with Gasteiger partial charge in [0.25, 0.3) is 0 Å². The van der Waals surface area contributed by atoms with E-state index in [-0.39, 0.29) is 30.5 Å². The Morgan fingerprint density at radius 2 is 1.94 bits per heavy atom. The van der Waals surface area contributed by atoms with Crippen molar-refractivity contribution in [3.05, 3.63) is 74.5 Å². The third-order valence-corrected chi connectivity index (χ3v) is 6.55. The number of halogens is 4. The molecule has 1 aliphatic heterocycles. The van der Waals surface area contributed by atoms with E-state index in [1.54, 1.807) is 24.8 Å². The second kappa shape index (κ2) is 8.71. The Balaban J connectivity index is 1.55. The van der Waals surface area contributed by atoms with E-state index in [9.17, 15) is 22.7 Å². The number of aromatic nitrogens is 3. The highest BCUT2D eigenvalue weighted by molar-refractivity contribution is 7.12. The number of aliphatic hydroxyl groups is 1. The third-order valence-electron chi connectivity index (χ3n) is 5.44. The van der Waals surface area contributed by atoms with Crippen molar-refractivity contribution >= 4 is 22.9 Å². The summed E-state index contributed by atoms with van der Waals surface area (Å²) in [5.74, 6) is 0.331. The third kappa shape index (κ3) is 4.83. The number of benzene rings is 1. The van der Waals surface area contributed by atoms with Crippen LogP contribution in [-0.2, 0) is 12.7 Å². The summed E-state index contributed by atoms with van der Waals surface area (Å²) in [5.41, 5.74) is 2.04. The molecule has 0 radical (unpaired) electrons. The molecule has 0 unspecified atom stereocenters. The quantitative estimate of drug-likeness (QED) is 0.557. The Bertz CT molecular complexity index is 1280. The van der Waals surface area contributed by atoms with Gasteiger partial charge in [0.2, 0.25) is 11.6 Å². The largest absolute Gasteiger partial charge is 0.425 e. The number of anilines is 1. The molecule has 2 aromatic heterocycles. The van der Waals surface area contributed by atoms with Gasteiger partial charge in [0.15, 0.2) is 0 Å². The molecule has 0 saturated carbocycles. The highest BCUT2D eigenvalue weighted by atomic mass is 32.1. The molecule has 0 fully saturated rings. The molecular formula is C22H21F4N5OS. The van der Waals surface area contributed by atoms with E-state index in [2.05, 4.69) is 9.97 Å². The Hall–Kier alpha value is -3.05. The van der Waals surface area contributed by atoms with Crippen LogP contribution in [0.1, 0.15) is 26.7 Å². The summed E-state index contributed by atoms with van der Waals surface area (Å²) >= 11 is 0.625. The molecule has 4 rings (SSSR count). The van der Waals surface area contributed by atoms with Crippen LogP contribution in [-0.4, -0.2) is 38.8 Å². The number of aryl methyl sites for hydroxylation is 2. The minimum Gasteiger partial charge on any atom is -0.387 e. The van der Waals surface area contributed by atoms with E-state index in [0.29, 0.717) is 34.2 Å². The lowest BCUT2D eigenvalue weighted by Gasteiger charge is -2.31. The molecule has 11 heteroatoms. The first-order chi connectivity index (χ1) is 15.5. The number of thiophene rings is 1. The SMILES string of the molecule is Cc1cc(F)ccc1C1=CCN(c2nc(C)n(Cc3ccc(C(F)(F)F)s3)c(=N)n2)C[C@@H]1O. The zero-order valence-electron chi connectivity index (χ0n) is 17.8. The predicted molar refractivity (Wildman–Crippen MR) is 116 cm³/mol. The number of aliphatic hydroxyl groups excluding tert-OH is 1. The summed E-state index contributed by atoms with van der Waals surface area (Å²) in [4.78, 5) is 10.1. The van der Waals surface area contributed by atoms with Crippen molar-refractivity contribution in [2.24, 2.45) is 0 Å². The molecule has 2 N–H and O–H groups in total. The maximum absolute atomic E-state index is 13.4. The average Bonchev–Trinajstić information content (AvgIpc) is 3.20. The minimum atomic E-state index is -4.40. The number of hydrogen-bond acceptors (Lipinski definition) is 6. The van der Waals surface area contributed by atoms with Crippen molar-refractivity contribution in [3.8, 4) is 0 Å². The van der Waals surface area contributed by atoms with E-state index in [4.69, 9.17) is 5.41 Å². The van der Waals surface area contributed by atoms with Crippen molar-refractivity contribution in [2.45, 2.75) is 32.7 Å². The number of nitrogens with zero attached hydrogens (tertiary/aromatic N) is 4. The summed E-state index contributed by atoms with van der Waals surface area (Å²) in [6.07, 6.45) is -3.44. The van der Waals surface area contributed by atoms with Gasteiger partial charge in [0, 0.05) is 11.4 Å². The van der Waals surface area contributed by atoms with Crippen molar-refractivity contribution < 1.29 is 22.7 Å². The van der Waals surface area contributed by atoms with Gasteiger partial charge in [-0.15, -0.1) is 11.3 Å². The first kappa shape index (κ1) is 23.1. The minimum absolute atomic E-state index is 0.0578. The Morgan fingerprint density at radius 1 is 1.18 bits per heavy atom. The number of hydrogen-bond donors (Lipinski definition) is 2. The lowest BCUT2D eigenvalue weighted by Crippen LogP contribution is -2.40. The van der Waals surface area contributed by atoms with Gasteiger partial charge in [0.1, 0.15) is 16.5 Å². The molecule has 3 aromatic rings. The lowest BCUT2D eigenvalue weighted by molar-refractivity contribution is -0.134. The average molecular weight is 480 g/mol. The van der Waals surface area contributed by atoms with Crippen molar-refractivity contribution in [3.63, 3.8) is 0 Å². The van der Waals surface area contributed by atoms with E-state index < -0.39 is 17.2 Å². The smallest absolute Gasteiger partial charge is 0.387 e. The van der Waals surface area contributed by atoms with Gasteiger partial charge < -0.3 is 10.0 Å². The molecule has 174 valence electrons. The predicted octanol–water partition coefficient (Wildman–Crippen LogP) is 3.91. The number of rotatable bonds is 4. The lowest BCUT2D eigenvalue weighted by atomic mass is 9.93.